The zero-order valence-electron chi connectivity index (χ0n) is 8.26. The van der Waals surface area contributed by atoms with Crippen LogP contribution in [0.5, 0.6) is 0 Å². The SMILES string of the molecule is COC[C@@H]1CCC[N+]1=C=C(C)C. The van der Waals surface area contributed by atoms with Crippen molar-refractivity contribution in [1.29, 1.82) is 0 Å². The number of methoxy groups -OCH3 is 1. The fraction of sp³-hybridized carbons (Fsp3) is 0.800. The predicted molar refractivity (Wildman–Crippen MR) is 49.9 cm³/mol. The van der Waals surface area contributed by atoms with Crippen LogP contribution >= 0.6 is 0 Å². The molecule has 0 aromatic heterocycles. The van der Waals surface area contributed by atoms with Gasteiger partial charge in [-0.2, -0.15) is 4.58 Å². The van der Waals surface area contributed by atoms with E-state index in [2.05, 4.69) is 24.3 Å². The van der Waals surface area contributed by atoms with Gasteiger partial charge in [-0.3, -0.25) is 0 Å². The standard InChI is InChI=1S/C10H18NO/c1-9(2)7-11-6-4-5-10(11)8-12-3/h10H,4-6,8H2,1-3H3/q+1/t10-/m0/s1. The minimum atomic E-state index is 0.560. The summed E-state index contributed by atoms with van der Waals surface area (Å²) >= 11 is 0. The second kappa shape index (κ2) is 4.44. The Bertz CT molecular complexity index is 210. The average Bonchev–Trinajstić information content (AvgIpc) is 2.37. The second-order valence-corrected chi connectivity index (χ2v) is 3.56. The first kappa shape index (κ1) is 9.50. The van der Waals surface area contributed by atoms with Crippen LogP contribution in [-0.2, 0) is 4.74 Å². The minimum Gasteiger partial charge on any atom is -0.378 e. The summed E-state index contributed by atoms with van der Waals surface area (Å²) in [6.45, 7) is 6.14. The molecule has 2 heteroatoms. The van der Waals surface area contributed by atoms with Crippen LogP contribution in [-0.4, -0.2) is 36.7 Å². The quantitative estimate of drug-likeness (QED) is 0.568. The third-order valence-corrected chi connectivity index (χ3v) is 2.10. The van der Waals surface area contributed by atoms with Crippen molar-refractivity contribution < 1.29 is 9.31 Å². The lowest BCUT2D eigenvalue weighted by atomic mass is 10.2. The van der Waals surface area contributed by atoms with E-state index in [1.807, 2.05) is 0 Å². The van der Waals surface area contributed by atoms with Crippen molar-refractivity contribution in [3.63, 3.8) is 0 Å². The Morgan fingerprint density at radius 2 is 2.33 bits per heavy atom. The van der Waals surface area contributed by atoms with E-state index < -0.39 is 0 Å². The molecule has 0 unspecified atom stereocenters. The molecule has 1 heterocycles. The first-order valence-electron chi connectivity index (χ1n) is 4.56. The van der Waals surface area contributed by atoms with Crippen LogP contribution < -0.4 is 0 Å². The van der Waals surface area contributed by atoms with Crippen LogP contribution in [0.4, 0.5) is 0 Å². The van der Waals surface area contributed by atoms with Crippen LogP contribution in [0.15, 0.2) is 5.57 Å². The molecule has 0 N–H and O–H groups in total. The van der Waals surface area contributed by atoms with E-state index in [1.54, 1.807) is 7.11 Å². The molecule has 0 spiro atoms. The third-order valence-electron chi connectivity index (χ3n) is 2.10. The van der Waals surface area contributed by atoms with Crippen LogP contribution in [0, 0.1) is 0 Å². The molecule has 1 aliphatic rings. The number of hydrogen-bond acceptors (Lipinski definition) is 1. The van der Waals surface area contributed by atoms with Crippen molar-refractivity contribution in [3.05, 3.63) is 5.57 Å². The molecular formula is C10H18NO+. The Balaban J connectivity index is 2.70. The first-order chi connectivity index (χ1) is 5.74. The molecule has 1 atom stereocenters. The van der Waals surface area contributed by atoms with Crippen molar-refractivity contribution in [1.82, 2.24) is 0 Å². The fourth-order valence-electron chi connectivity index (χ4n) is 1.64. The van der Waals surface area contributed by atoms with E-state index in [4.69, 9.17) is 4.74 Å². The Hall–Kier alpha value is -0.590. The number of allylic oxidation sites excluding steroid dienone is 1. The van der Waals surface area contributed by atoms with Gasteiger partial charge in [0.15, 0.2) is 18.5 Å². The highest BCUT2D eigenvalue weighted by atomic mass is 16.5. The Morgan fingerprint density at radius 3 is 2.92 bits per heavy atom. The number of rotatable bonds is 2. The molecule has 2 nitrogen and oxygen atoms in total. The Morgan fingerprint density at radius 1 is 1.58 bits per heavy atom. The van der Waals surface area contributed by atoms with Crippen LogP contribution in [0.3, 0.4) is 0 Å². The summed E-state index contributed by atoms with van der Waals surface area (Å²) in [5.41, 5.74) is 1.25. The maximum Gasteiger partial charge on any atom is 0.185 e. The van der Waals surface area contributed by atoms with Gasteiger partial charge in [0.2, 0.25) is 0 Å². The smallest absolute Gasteiger partial charge is 0.185 e. The van der Waals surface area contributed by atoms with E-state index in [0.29, 0.717) is 6.04 Å². The lowest BCUT2D eigenvalue weighted by Crippen LogP contribution is -2.23. The highest BCUT2D eigenvalue weighted by Gasteiger charge is 2.27. The van der Waals surface area contributed by atoms with Gasteiger partial charge in [0.05, 0.1) is 0 Å². The van der Waals surface area contributed by atoms with Gasteiger partial charge in [0.25, 0.3) is 0 Å². The van der Waals surface area contributed by atoms with E-state index in [9.17, 15) is 0 Å². The normalized spacial score (nSPS) is 22.6. The summed E-state index contributed by atoms with van der Waals surface area (Å²) in [6.07, 6.45) is 2.52. The molecular weight excluding hydrogens is 150 g/mol. The second-order valence-electron chi connectivity index (χ2n) is 3.56. The Kier molecular flexibility index (Phi) is 3.51. The first-order valence-corrected chi connectivity index (χ1v) is 4.56. The Labute approximate surface area is 74.5 Å². The molecule has 1 rings (SSSR count). The molecule has 0 bridgehead atoms. The van der Waals surface area contributed by atoms with Crippen LogP contribution in [0.25, 0.3) is 0 Å². The molecule has 0 aliphatic carbocycles. The molecule has 0 aromatic carbocycles. The molecule has 1 saturated heterocycles. The number of hydrogen-bond donors (Lipinski definition) is 0. The summed E-state index contributed by atoms with van der Waals surface area (Å²) in [5, 5.41) is 0. The van der Waals surface area contributed by atoms with E-state index in [0.717, 1.165) is 13.2 Å². The molecule has 12 heavy (non-hydrogen) atoms. The highest BCUT2D eigenvalue weighted by molar-refractivity contribution is 5.50. The zero-order valence-corrected chi connectivity index (χ0v) is 8.26. The third kappa shape index (κ3) is 2.47. The summed E-state index contributed by atoms with van der Waals surface area (Å²) < 4.78 is 7.42. The molecule has 1 aliphatic heterocycles. The maximum absolute atomic E-state index is 5.15. The molecule has 0 amide bonds. The molecule has 0 saturated carbocycles. The van der Waals surface area contributed by atoms with Gasteiger partial charge in [0.1, 0.15) is 6.61 Å². The van der Waals surface area contributed by atoms with E-state index >= 15 is 0 Å². The van der Waals surface area contributed by atoms with Crippen LogP contribution in [0.2, 0.25) is 0 Å². The van der Waals surface area contributed by atoms with Crippen LogP contribution in [0.1, 0.15) is 26.7 Å². The van der Waals surface area contributed by atoms with Gasteiger partial charge in [-0.25, -0.2) is 0 Å². The van der Waals surface area contributed by atoms with Gasteiger partial charge in [-0.15, -0.1) is 0 Å². The number of nitrogens with zero attached hydrogens (tertiary/aromatic N) is 1. The zero-order chi connectivity index (χ0) is 8.97. The topological polar surface area (TPSA) is 12.2 Å². The van der Waals surface area contributed by atoms with Gasteiger partial charge in [0, 0.05) is 25.5 Å². The largest absolute Gasteiger partial charge is 0.378 e. The average molecular weight is 168 g/mol. The molecule has 0 radical (unpaired) electrons. The van der Waals surface area contributed by atoms with Gasteiger partial charge >= 0.3 is 0 Å². The summed E-state index contributed by atoms with van der Waals surface area (Å²) in [6, 6.07) is 0.560. The monoisotopic (exact) mass is 168 g/mol. The van der Waals surface area contributed by atoms with Crippen molar-refractivity contribution in [2.45, 2.75) is 32.7 Å². The minimum absolute atomic E-state index is 0.560. The summed E-state index contributed by atoms with van der Waals surface area (Å²) in [7, 11) is 1.76. The maximum atomic E-state index is 5.15. The molecule has 68 valence electrons. The molecule has 1 fully saturated rings. The van der Waals surface area contributed by atoms with E-state index in [-0.39, 0.29) is 0 Å². The predicted octanol–water partition coefficient (Wildman–Crippen LogP) is 1.44. The van der Waals surface area contributed by atoms with Crippen molar-refractivity contribution in [2.75, 3.05) is 20.3 Å². The molecule has 0 aromatic rings. The lowest BCUT2D eigenvalue weighted by molar-refractivity contribution is -0.540. The van der Waals surface area contributed by atoms with Gasteiger partial charge in [-0.1, -0.05) is 0 Å². The lowest BCUT2D eigenvalue weighted by Gasteiger charge is -2.02. The number of ether oxygens (including phenoxy) is 1. The van der Waals surface area contributed by atoms with Crippen molar-refractivity contribution in [3.8, 4) is 0 Å². The van der Waals surface area contributed by atoms with Crippen molar-refractivity contribution in [2.24, 2.45) is 0 Å². The van der Waals surface area contributed by atoms with Gasteiger partial charge in [-0.05, 0) is 13.8 Å². The summed E-state index contributed by atoms with van der Waals surface area (Å²) in [5.74, 6) is 3.35. The van der Waals surface area contributed by atoms with E-state index in [1.165, 1.54) is 18.4 Å². The highest BCUT2D eigenvalue weighted by Crippen LogP contribution is 2.11. The summed E-state index contributed by atoms with van der Waals surface area (Å²) in [4.78, 5) is 0. The van der Waals surface area contributed by atoms with Gasteiger partial charge < -0.3 is 4.74 Å². The van der Waals surface area contributed by atoms with Crippen molar-refractivity contribution >= 4 is 5.87 Å². The fourth-order valence-corrected chi connectivity index (χ4v) is 1.64.